The van der Waals surface area contributed by atoms with Crippen molar-refractivity contribution in [2.24, 2.45) is 0 Å². The average Bonchev–Trinajstić information content (AvgIpc) is 2.59. The van der Waals surface area contributed by atoms with E-state index >= 15 is 0 Å². The molecule has 2 heterocycles. The largest absolute Gasteiger partial charge is 0.339 e. The molecule has 1 aromatic heterocycles. The highest BCUT2D eigenvalue weighted by atomic mass is 16.2. The normalized spacial score (nSPS) is 15.9. The van der Waals surface area contributed by atoms with Crippen LogP contribution in [-0.2, 0) is 4.79 Å². The van der Waals surface area contributed by atoms with Crippen molar-refractivity contribution in [3.8, 4) is 0 Å². The minimum atomic E-state index is 0.118. The molecule has 0 N–H and O–H groups in total. The molecule has 0 radical (unpaired) electrons. The second kappa shape index (κ2) is 7.03. The molecule has 2 aromatic rings. The van der Waals surface area contributed by atoms with Crippen LogP contribution in [-0.4, -0.2) is 28.9 Å². The van der Waals surface area contributed by atoms with Crippen LogP contribution in [0.5, 0.6) is 0 Å². The third-order valence-electron chi connectivity index (χ3n) is 3.93. The maximum absolute atomic E-state index is 12.0. The molecular weight excluding hydrogens is 272 g/mol. The predicted octanol–water partition coefficient (Wildman–Crippen LogP) is 3.82. The first-order valence-corrected chi connectivity index (χ1v) is 7.81. The Morgan fingerprint density at radius 3 is 2.82 bits per heavy atom. The summed E-state index contributed by atoms with van der Waals surface area (Å²) in [5.74, 6) is 0.118. The third-order valence-corrected chi connectivity index (χ3v) is 3.93. The highest BCUT2D eigenvalue weighted by molar-refractivity contribution is 5.88. The van der Waals surface area contributed by atoms with Gasteiger partial charge in [-0.15, -0.1) is 0 Å². The summed E-state index contributed by atoms with van der Waals surface area (Å²) in [6.07, 6.45) is 12.7. The van der Waals surface area contributed by atoms with E-state index < -0.39 is 0 Å². The fourth-order valence-electron chi connectivity index (χ4n) is 2.72. The van der Waals surface area contributed by atoms with Gasteiger partial charge in [0, 0.05) is 30.7 Å². The van der Waals surface area contributed by atoms with Gasteiger partial charge in [0.05, 0.1) is 5.52 Å². The number of amides is 1. The highest BCUT2D eigenvalue weighted by Gasteiger charge is 2.13. The van der Waals surface area contributed by atoms with Crippen LogP contribution >= 0.6 is 0 Å². The Kier molecular flexibility index (Phi) is 4.64. The highest BCUT2D eigenvalue weighted by Crippen LogP contribution is 2.14. The van der Waals surface area contributed by atoms with Gasteiger partial charge in [0.2, 0.25) is 5.91 Å². The van der Waals surface area contributed by atoms with Crippen molar-refractivity contribution < 1.29 is 4.79 Å². The molecule has 0 unspecified atom stereocenters. The van der Waals surface area contributed by atoms with Crippen LogP contribution in [0.4, 0.5) is 0 Å². The van der Waals surface area contributed by atoms with E-state index in [0.29, 0.717) is 0 Å². The molecule has 1 aliphatic rings. The van der Waals surface area contributed by atoms with E-state index in [0.717, 1.165) is 42.4 Å². The van der Waals surface area contributed by atoms with Crippen molar-refractivity contribution in [3.05, 3.63) is 60.3 Å². The maximum atomic E-state index is 12.0. The van der Waals surface area contributed by atoms with Gasteiger partial charge in [-0.05, 0) is 43.0 Å². The van der Waals surface area contributed by atoms with E-state index in [4.69, 9.17) is 0 Å². The van der Waals surface area contributed by atoms with Gasteiger partial charge in [0.15, 0.2) is 0 Å². The molecule has 0 spiro atoms. The van der Waals surface area contributed by atoms with Crippen molar-refractivity contribution in [3.63, 3.8) is 0 Å². The second-order valence-corrected chi connectivity index (χ2v) is 5.56. The van der Waals surface area contributed by atoms with Crippen LogP contribution in [0.25, 0.3) is 17.0 Å². The Morgan fingerprint density at radius 2 is 1.95 bits per heavy atom. The Balaban J connectivity index is 1.62. The number of rotatable bonds is 3. The number of piperidine rings is 1. The number of allylic oxidation sites excluding steroid dienone is 2. The number of benzene rings is 1. The lowest BCUT2D eigenvalue weighted by atomic mass is 10.1. The Bertz CT molecular complexity index is 712. The number of nitrogens with zero attached hydrogens (tertiary/aromatic N) is 2. The Hall–Kier alpha value is -2.42. The second-order valence-electron chi connectivity index (χ2n) is 5.56. The lowest BCUT2D eigenvalue weighted by molar-refractivity contribution is -0.126. The van der Waals surface area contributed by atoms with Gasteiger partial charge < -0.3 is 4.90 Å². The molecular formula is C19H20N2O. The summed E-state index contributed by atoms with van der Waals surface area (Å²) in [7, 11) is 0. The van der Waals surface area contributed by atoms with Crippen LogP contribution in [0.3, 0.4) is 0 Å². The van der Waals surface area contributed by atoms with Gasteiger partial charge in [0.25, 0.3) is 0 Å². The van der Waals surface area contributed by atoms with Crippen molar-refractivity contribution >= 4 is 22.9 Å². The molecule has 1 fully saturated rings. The Labute approximate surface area is 131 Å². The fourth-order valence-corrected chi connectivity index (χ4v) is 2.72. The van der Waals surface area contributed by atoms with Crippen LogP contribution in [0.1, 0.15) is 24.8 Å². The zero-order chi connectivity index (χ0) is 15.2. The quantitative estimate of drug-likeness (QED) is 0.636. The topological polar surface area (TPSA) is 33.2 Å². The molecule has 3 heteroatoms. The van der Waals surface area contributed by atoms with E-state index in [1.807, 2.05) is 41.3 Å². The first kappa shape index (κ1) is 14.5. The molecule has 3 nitrogen and oxygen atoms in total. The summed E-state index contributed by atoms with van der Waals surface area (Å²) >= 11 is 0. The molecule has 112 valence electrons. The summed E-state index contributed by atoms with van der Waals surface area (Å²) in [6.45, 7) is 1.79. The van der Waals surface area contributed by atoms with Gasteiger partial charge in [-0.25, -0.2) is 0 Å². The monoisotopic (exact) mass is 292 g/mol. The van der Waals surface area contributed by atoms with Crippen LogP contribution in [0.2, 0.25) is 0 Å². The fraction of sp³-hybridized carbons (Fsp3) is 0.263. The number of aromatic nitrogens is 1. The van der Waals surface area contributed by atoms with Crippen LogP contribution in [0.15, 0.2) is 54.8 Å². The van der Waals surface area contributed by atoms with E-state index in [-0.39, 0.29) is 5.91 Å². The molecule has 1 saturated heterocycles. The number of likely N-dealkylation sites (tertiary alicyclic amines) is 1. The SMILES string of the molecule is O=C(/C=C/C=C/c1ccc2ncccc2c1)N1CCCCC1. The number of hydrogen-bond acceptors (Lipinski definition) is 2. The van der Waals surface area contributed by atoms with Crippen LogP contribution < -0.4 is 0 Å². The minimum Gasteiger partial charge on any atom is -0.339 e. The Morgan fingerprint density at radius 1 is 1.09 bits per heavy atom. The first-order chi connectivity index (χ1) is 10.8. The number of fused-ring (bicyclic) bond motifs is 1. The van der Waals surface area contributed by atoms with E-state index in [1.165, 1.54) is 6.42 Å². The van der Waals surface area contributed by atoms with Gasteiger partial charge in [-0.1, -0.05) is 30.4 Å². The zero-order valence-corrected chi connectivity index (χ0v) is 12.6. The first-order valence-electron chi connectivity index (χ1n) is 7.81. The molecule has 0 bridgehead atoms. The average molecular weight is 292 g/mol. The molecule has 0 saturated carbocycles. The van der Waals surface area contributed by atoms with Gasteiger partial charge in [0.1, 0.15) is 0 Å². The molecule has 1 aliphatic heterocycles. The molecule has 0 atom stereocenters. The lowest BCUT2D eigenvalue weighted by Crippen LogP contribution is -2.34. The van der Waals surface area contributed by atoms with Gasteiger partial charge in [-0.2, -0.15) is 0 Å². The minimum absolute atomic E-state index is 0.118. The van der Waals surface area contributed by atoms with Crippen LogP contribution in [0, 0.1) is 0 Å². The lowest BCUT2D eigenvalue weighted by Gasteiger charge is -2.25. The van der Waals surface area contributed by atoms with E-state index in [9.17, 15) is 4.79 Å². The summed E-state index contributed by atoms with van der Waals surface area (Å²) < 4.78 is 0. The van der Waals surface area contributed by atoms with Crippen molar-refractivity contribution in [2.75, 3.05) is 13.1 Å². The molecule has 22 heavy (non-hydrogen) atoms. The number of carbonyl (C=O) groups is 1. The molecule has 1 amide bonds. The molecule has 0 aliphatic carbocycles. The molecule has 1 aromatic carbocycles. The van der Waals surface area contributed by atoms with Crippen molar-refractivity contribution in [2.45, 2.75) is 19.3 Å². The number of hydrogen-bond donors (Lipinski definition) is 0. The van der Waals surface area contributed by atoms with Crippen molar-refractivity contribution in [1.29, 1.82) is 0 Å². The third kappa shape index (κ3) is 3.61. The van der Waals surface area contributed by atoms with Gasteiger partial charge >= 0.3 is 0 Å². The van der Waals surface area contributed by atoms with Crippen molar-refractivity contribution in [1.82, 2.24) is 9.88 Å². The molecule has 3 rings (SSSR count). The predicted molar refractivity (Wildman–Crippen MR) is 90.3 cm³/mol. The number of pyridine rings is 1. The summed E-state index contributed by atoms with van der Waals surface area (Å²) in [5, 5.41) is 1.12. The summed E-state index contributed by atoms with van der Waals surface area (Å²) in [4.78, 5) is 18.2. The standard InChI is InChI=1S/C19H20N2O/c22-19(21-13-4-1-5-14-21)9-3-2-7-16-10-11-18-17(15-16)8-6-12-20-18/h2-3,6-12,15H,1,4-5,13-14H2/b7-2+,9-3+. The number of carbonyl (C=O) groups excluding carboxylic acids is 1. The summed E-state index contributed by atoms with van der Waals surface area (Å²) in [5.41, 5.74) is 2.10. The smallest absolute Gasteiger partial charge is 0.246 e. The van der Waals surface area contributed by atoms with E-state index in [2.05, 4.69) is 17.1 Å². The van der Waals surface area contributed by atoms with Gasteiger partial charge in [-0.3, -0.25) is 9.78 Å². The van der Waals surface area contributed by atoms with E-state index in [1.54, 1.807) is 12.3 Å². The maximum Gasteiger partial charge on any atom is 0.246 e. The zero-order valence-electron chi connectivity index (χ0n) is 12.6. The summed E-state index contributed by atoms with van der Waals surface area (Å²) in [6, 6.07) is 10.1.